The van der Waals surface area contributed by atoms with Crippen molar-refractivity contribution in [3.63, 3.8) is 0 Å². The van der Waals surface area contributed by atoms with E-state index in [9.17, 15) is 0 Å². The molecule has 0 saturated carbocycles. The van der Waals surface area contributed by atoms with Crippen LogP contribution in [0.25, 0.3) is 0 Å². The van der Waals surface area contributed by atoms with Crippen LogP contribution in [-0.2, 0) is 0 Å². The second-order valence-corrected chi connectivity index (χ2v) is 4.36. The summed E-state index contributed by atoms with van der Waals surface area (Å²) in [5.74, 6) is 1.91. The van der Waals surface area contributed by atoms with E-state index in [2.05, 4.69) is 9.89 Å². The standard InChI is InChI=1S/C13H19N3O/c1-10(14)9-16-8-7-15-13(16)11-3-5-12(17-2)6-4-11/h3-6,10H,7-9,14H2,1-2H3. The van der Waals surface area contributed by atoms with Gasteiger partial charge in [-0.3, -0.25) is 4.99 Å². The Labute approximate surface area is 102 Å². The van der Waals surface area contributed by atoms with Gasteiger partial charge in [0.05, 0.1) is 13.7 Å². The summed E-state index contributed by atoms with van der Waals surface area (Å²) in [5, 5.41) is 0. The molecule has 2 N–H and O–H groups in total. The first-order valence-corrected chi connectivity index (χ1v) is 5.90. The average molecular weight is 233 g/mol. The van der Waals surface area contributed by atoms with Crippen molar-refractivity contribution in [3.8, 4) is 5.75 Å². The first-order valence-electron chi connectivity index (χ1n) is 5.90. The Bertz CT molecular complexity index is 398. The number of benzene rings is 1. The van der Waals surface area contributed by atoms with Gasteiger partial charge in [-0.15, -0.1) is 0 Å². The van der Waals surface area contributed by atoms with Crippen LogP contribution in [0.1, 0.15) is 12.5 Å². The van der Waals surface area contributed by atoms with Gasteiger partial charge in [-0.2, -0.15) is 0 Å². The van der Waals surface area contributed by atoms with E-state index in [1.54, 1.807) is 7.11 Å². The molecular formula is C13H19N3O. The first-order chi connectivity index (χ1) is 8.20. The fraction of sp³-hybridized carbons (Fsp3) is 0.462. The van der Waals surface area contributed by atoms with Crippen molar-refractivity contribution in [3.05, 3.63) is 29.8 Å². The summed E-state index contributed by atoms with van der Waals surface area (Å²) < 4.78 is 5.15. The van der Waals surface area contributed by atoms with Crippen LogP contribution in [0.5, 0.6) is 5.75 Å². The largest absolute Gasteiger partial charge is 0.497 e. The third-order valence-electron chi connectivity index (χ3n) is 2.79. The lowest BCUT2D eigenvalue weighted by Crippen LogP contribution is -2.38. The van der Waals surface area contributed by atoms with Crippen molar-refractivity contribution in [2.24, 2.45) is 10.7 Å². The summed E-state index contributed by atoms with van der Waals surface area (Å²) in [4.78, 5) is 6.78. The second-order valence-electron chi connectivity index (χ2n) is 4.36. The number of nitrogens with zero attached hydrogens (tertiary/aromatic N) is 2. The lowest BCUT2D eigenvalue weighted by molar-refractivity contribution is 0.414. The van der Waals surface area contributed by atoms with E-state index in [-0.39, 0.29) is 6.04 Å². The normalized spacial score (nSPS) is 16.9. The van der Waals surface area contributed by atoms with E-state index in [4.69, 9.17) is 10.5 Å². The van der Waals surface area contributed by atoms with Crippen LogP contribution in [-0.4, -0.2) is 43.5 Å². The average Bonchev–Trinajstić information content (AvgIpc) is 2.76. The lowest BCUT2D eigenvalue weighted by atomic mass is 10.2. The van der Waals surface area contributed by atoms with Crippen molar-refractivity contribution < 1.29 is 4.74 Å². The van der Waals surface area contributed by atoms with E-state index in [0.717, 1.165) is 36.8 Å². The molecule has 0 aromatic heterocycles. The molecule has 2 rings (SSSR count). The smallest absolute Gasteiger partial charge is 0.131 e. The Balaban J connectivity index is 2.14. The molecule has 0 saturated heterocycles. The van der Waals surface area contributed by atoms with Crippen LogP contribution in [0.15, 0.2) is 29.3 Å². The second kappa shape index (κ2) is 5.19. The van der Waals surface area contributed by atoms with Crippen LogP contribution in [0.2, 0.25) is 0 Å². The molecule has 1 aliphatic rings. The maximum atomic E-state index is 5.84. The van der Waals surface area contributed by atoms with Crippen molar-refractivity contribution in [2.45, 2.75) is 13.0 Å². The van der Waals surface area contributed by atoms with Gasteiger partial charge in [-0.1, -0.05) is 0 Å². The van der Waals surface area contributed by atoms with Gasteiger partial charge in [0.1, 0.15) is 11.6 Å². The number of nitrogens with two attached hydrogens (primary N) is 1. The summed E-state index contributed by atoms with van der Waals surface area (Å²) in [6.45, 7) is 4.69. The van der Waals surface area contributed by atoms with E-state index >= 15 is 0 Å². The number of methoxy groups -OCH3 is 1. The van der Waals surface area contributed by atoms with E-state index < -0.39 is 0 Å². The van der Waals surface area contributed by atoms with Crippen LogP contribution < -0.4 is 10.5 Å². The number of ether oxygens (including phenoxy) is 1. The zero-order valence-electron chi connectivity index (χ0n) is 10.4. The molecular weight excluding hydrogens is 214 g/mol. The van der Waals surface area contributed by atoms with Gasteiger partial charge in [0.15, 0.2) is 0 Å². The zero-order chi connectivity index (χ0) is 12.3. The highest BCUT2D eigenvalue weighted by molar-refractivity contribution is 5.99. The van der Waals surface area contributed by atoms with Crippen LogP contribution in [0.4, 0.5) is 0 Å². The molecule has 92 valence electrons. The monoisotopic (exact) mass is 233 g/mol. The summed E-state index contributed by atoms with van der Waals surface area (Å²) in [5.41, 5.74) is 6.97. The molecule has 17 heavy (non-hydrogen) atoms. The minimum atomic E-state index is 0.163. The number of hydrogen-bond donors (Lipinski definition) is 1. The van der Waals surface area contributed by atoms with Crippen LogP contribution in [0, 0.1) is 0 Å². The number of hydrogen-bond acceptors (Lipinski definition) is 4. The minimum absolute atomic E-state index is 0.163. The SMILES string of the molecule is COc1ccc(C2=NCCN2CC(C)N)cc1. The molecule has 1 aliphatic heterocycles. The first kappa shape index (κ1) is 11.9. The Kier molecular flexibility index (Phi) is 3.64. The van der Waals surface area contributed by atoms with Gasteiger partial charge < -0.3 is 15.4 Å². The molecule has 0 bridgehead atoms. The van der Waals surface area contributed by atoms with Gasteiger partial charge in [0.25, 0.3) is 0 Å². The number of aliphatic imine (C=N–C) groups is 1. The Morgan fingerprint density at radius 3 is 2.71 bits per heavy atom. The predicted molar refractivity (Wildman–Crippen MR) is 69.6 cm³/mol. The molecule has 4 heteroatoms. The van der Waals surface area contributed by atoms with Gasteiger partial charge in [0.2, 0.25) is 0 Å². The fourth-order valence-corrected chi connectivity index (χ4v) is 2.02. The summed E-state index contributed by atoms with van der Waals surface area (Å²) in [6.07, 6.45) is 0. The maximum absolute atomic E-state index is 5.84. The summed E-state index contributed by atoms with van der Waals surface area (Å²) in [7, 11) is 1.67. The van der Waals surface area contributed by atoms with Gasteiger partial charge in [0, 0.05) is 24.7 Å². The fourth-order valence-electron chi connectivity index (χ4n) is 2.02. The highest BCUT2D eigenvalue weighted by Gasteiger charge is 2.19. The molecule has 0 aliphatic carbocycles. The Hall–Kier alpha value is -1.55. The maximum Gasteiger partial charge on any atom is 0.131 e. The summed E-state index contributed by atoms with van der Waals surface area (Å²) >= 11 is 0. The van der Waals surface area contributed by atoms with E-state index in [1.807, 2.05) is 31.2 Å². The molecule has 0 spiro atoms. The number of amidine groups is 1. The molecule has 0 radical (unpaired) electrons. The molecule has 1 atom stereocenters. The van der Waals surface area contributed by atoms with Gasteiger partial charge >= 0.3 is 0 Å². The van der Waals surface area contributed by atoms with Crippen molar-refractivity contribution in [2.75, 3.05) is 26.7 Å². The molecule has 1 heterocycles. The molecule has 4 nitrogen and oxygen atoms in total. The topological polar surface area (TPSA) is 50.8 Å². The van der Waals surface area contributed by atoms with Crippen molar-refractivity contribution in [1.29, 1.82) is 0 Å². The van der Waals surface area contributed by atoms with E-state index in [1.165, 1.54) is 0 Å². The highest BCUT2D eigenvalue weighted by atomic mass is 16.5. The van der Waals surface area contributed by atoms with E-state index in [0.29, 0.717) is 0 Å². The Morgan fingerprint density at radius 2 is 2.12 bits per heavy atom. The van der Waals surface area contributed by atoms with Crippen molar-refractivity contribution >= 4 is 5.84 Å². The molecule has 1 aromatic rings. The lowest BCUT2D eigenvalue weighted by Gasteiger charge is -2.22. The highest BCUT2D eigenvalue weighted by Crippen LogP contribution is 2.16. The van der Waals surface area contributed by atoms with Gasteiger partial charge in [-0.25, -0.2) is 0 Å². The molecule has 0 amide bonds. The third-order valence-corrected chi connectivity index (χ3v) is 2.79. The molecule has 1 aromatic carbocycles. The summed E-state index contributed by atoms with van der Waals surface area (Å²) in [6, 6.07) is 8.16. The van der Waals surface area contributed by atoms with Gasteiger partial charge in [-0.05, 0) is 31.2 Å². The van der Waals surface area contributed by atoms with Crippen LogP contribution in [0.3, 0.4) is 0 Å². The van der Waals surface area contributed by atoms with Crippen molar-refractivity contribution in [1.82, 2.24) is 4.90 Å². The molecule has 1 unspecified atom stereocenters. The third kappa shape index (κ3) is 2.77. The van der Waals surface area contributed by atoms with Crippen LogP contribution >= 0.6 is 0 Å². The predicted octanol–water partition coefficient (Wildman–Crippen LogP) is 1.10. The minimum Gasteiger partial charge on any atom is -0.497 e. The quantitative estimate of drug-likeness (QED) is 0.847. The number of rotatable bonds is 4. The Morgan fingerprint density at radius 1 is 1.41 bits per heavy atom. The molecule has 0 fully saturated rings. The zero-order valence-corrected chi connectivity index (χ0v) is 10.4.